The van der Waals surface area contributed by atoms with Crippen molar-refractivity contribution in [3.8, 4) is 5.88 Å². The minimum Gasteiger partial charge on any atom is -0.481 e. The fourth-order valence-electron chi connectivity index (χ4n) is 0.973. The van der Waals surface area contributed by atoms with Gasteiger partial charge in [0.2, 0.25) is 5.88 Å². The third-order valence-electron chi connectivity index (χ3n) is 1.86. The van der Waals surface area contributed by atoms with Crippen LogP contribution in [0.1, 0.15) is 6.92 Å². The molecule has 0 aliphatic carbocycles. The Morgan fingerprint density at radius 1 is 1.65 bits per heavy atom. The number of nitrogens with zero attached hydrogens (tertiary/aromatic N) is 2. The lowest BCUT2D eigenvalue weighted by Crippen LogP contribution is -2.12. The predicted molar refractivity (Wildman–Crippen MR) is 60.4 cm³/mol. The Morgan fingerprint density at radius 3 is 2.76 bits per heavy atom. The lowest BCUT2D eigenvalue weighted by Gasteiger charge is -2.07. The molecule has 1 rings (SSSR count). The minimum atomic E-state index is -1.06. The molecule has 0 amide bonds. The van der Waals surface area contributed by atoms with E-state index in [4.69, 9.17) is 9.84 Å². The van der Waals surface area contributed by atoms with E-state index in [0.717, 1.165) is 11.8 Å². The Bertz CT molecular complexity index is 451. The van der Waals surface area contributed by atoms with Crippen molar-refractivity contribution in [1.29, 1.82) is 0 Å². The number of carboxylic acids is 1. The molecule has 0 fully saturated rings. The van der Waals surface area contributed by atoms with Crippen molar-refractivity contribution >= 4 is 23.4 Å². The molecule has 17 heavy (non-hydrogen) atoms. The van der Waals surface area contributed by atoms with Crippen LogP contribution in [0.3, 0.4) is 0 Å². The van der Waals surface area contributed by atoms with Gasteiger partial charge in [0.15, 0.2) is 5.03 Å². The summed E-state index contributed by atoms with van der Waals surface area (Å²) in [5.41, 5.74) is -0.233. The Morgan fingerprint density at radius 2 is 2.29 bits per heavy atom. The second-order valence-corrected chi connectivity index (χ2v) is 4.36. The van der Waals surface area contributed by atoms with E-state index in [1.807, 2.05) is 0 Å². The van der Waals surface area contributed by atoms with Crippen LogP contribution in [0.15, 0.2) is 17.2 Å². The van der Waals surface area contributed by atoms with Crippen molar-refractivity contribution in [2.45, 2.75) is 17.2 Å². The first-order valence-electron chi connectivity index (χ1n) is 4.54. The molecular formula is C9H10N2O5S. The van der Waals surface area contributed by atoms with Crippen LogP contribution in [0.25, 0.3) is 0 Å². The quantitative estimate of drug-likeness (QED) is 0.485. The van der Waals surface area contributed by atoms with Gasteiger partial charge in [-0.3, -0.25) is 14.9 Å². The predicted octanol–water partition coefficient (Wildman–Crippen LogP) is 1.56. The van der Waals surface area contributed by atoms with Gasteiger partial charge in [0.1, 0.15) is 5.25 Å². The highest BCUT2D eigenvalue weighted by Crippen LogP contribution is 2.31. The van der Waals surface area contributed by atoms with Crippen molar-refractivity contribution in [1.82, 2.24) is 4.98 Å². The van der Waals surface area contributed by atoms with E-state index in [9.17, 15) is 14.9 Å². The number of nitro groups is 1. The van der Waals surface area contributed by atoms with Crippen LogP contribution in [0.5, 0.6) is 5.88 Å². The molecule has 0 radical (unpaired) electrons. The maximum absolute atomic E-state index is 10.7. The molecule has 1 aromatic heterocycles. The maximum atomic E-state index is 10.7. The molecule has 0 saturated heterocycles. The zero-order valence-electron chi connectivity index (χ0n) is 9.11. The second kappa shape index (κ2) is 5.48. The highest BCUT2D eigenvalue weighted by molar-refractivity contribution is 8.00. The third-order valence-corrected chi connectivity index (χ3v) is 2.94. The lowest BCUT2D eigenvalue weighted by molar-refractivity contribution is -0.388. The molecular weight excluding hydrogens is 248 g/mol. The number of rotatable bonds is 5. The molecule has 0 unspecified atom stereocenters. The summed E-state index contributed by atoms with van der Waals surface area (Å²) in [5.74, 6) is -0.857. The standard InChI is InChI=1S/C9H10N2O5S/c1-5(9(12)13)17-8-6(11(14)15)3-4-7(10-8)16-2/h3-5H,1-2H3,(H,12,13)/t5-/m1/s1. The molecule has 0 bridgehead atoms. The Balaban J connectivity index is 3.09. The number of carbonyl (C=O) groups is 1. The molecule has 1 atom stereocenters. The highest BCUT2D eigenvalue weighted by atomic mass is 32.2. The largest absolute Gasteiger partial charge is 0.481 e. The third kappa shape index (κ3) is 3.31. The number of hydrogen-bond donors (Lipinski definition) is 1. The van der Waals surface area contributed by atoms with Gasteiger partial charge in [0, 0.05) is 12.1 Å². The van der Waals surface area contributed by atoms with E-state index in [1.54, 1.807) is 0 Å². The summed E-state index contributed by atoms with van der Waals surface area (Å²) in [6.07, 6.45) is 0. The van der Waals surface area contributed by atoms with E-state index < -0.39 is 16.1 Å². The van der Waals surface area contributed by atoms with E-state index in [0.29, 0.717) is 0 Å². The van der Waals surface area contributed by atoms with Crippen molar-refractivity contribution < 1.29 is 19.6 Å². The fourth-order valence-corrected chi connectivity index (χ4v) is 1.82. The maximum Gasteiger partial charge on any atom is 0.316 e. The lowest BCUT2D eigenvalue weighted by atomic mass is 10.4. The first-order chi connectivity index (χ1) is 7.95. The van der Waals surface area contributed by atoms with Gasteiger partial charge in [0.25, 0.3) is 0 Å². The van der Waals surface area contributed by atoms with Gasteiger partial charge in [-0.25, -0.2) is 0 Å². The fraction of sp³-hybridized carbons (Fsp3) is 0.333. The Hall–Kier alpha value is -1.83. The van der Waals surface area contributed by atoms with Gasteiger partial charge in [-0.05, 0) is 6.92 Å². The van der Waals surface area contributed by atoms with E-state index in [2.05, 4.69) is 4.98 Å². The van der Waals surface area contributed by atoms with Gasteiger partial charge in [-0.1, -0.05) is 11.8 Å². The number of aromatic nitrogens is 1. The van der Waals surface area contributed by atoms with E-state index in [-0.39, 0.29) is 16.6 Å². The van der Waals surface area contributed by atoms with Gasteiger partial charge in [0.05, 0.1) is 12.0 Å². The number of thioether (sulfide) groups is 1. The molecule has 7 nitrogen and oxygen atoms in total. The number of methoxy groups -OCH3 is 1. The molecule has 1 heterocycles. The average Bonchev–Trinajstić information content (AvgIpc) is 2.28. The minimum absolute atomic E-state index is 0.0317. The molecule has 0 aliphatic heterocycles. The van der Waals surface area contributed by atoms with Gasteiger partial charge in [-0.2, -0.15) is 4.98 Å². The number of carboxylic acid groups (broad SMARTS) is 1. The Labute approximate surface area is 101 Å². The monoisotopic (exact) mass is 258 g/mol. The topological polar surface area (TPSA) is 103 Å². The first-order valence-corrected chi connectivity index (χ1v) is 5.42. The summed E-state index contributed by atoms with van der Waals surface area (Å²) in [4.78, 5) is 24.7. The molecule has 0 aliphatic rings. The van der Waals surface area contributed by atoms with Crippen LogP contribution in [0, 0.1) is 10.1 Å². The van der Waals surface area contributed by atoms with Gasteiger partial charge < -0.3 is 9.84 Å². The normalized spacial score (nSPS) is 11.9. The molecule has 1 aromatic rings. The van der Waals surface area contributed by atoms with Crippen LogP contribution in [-0.2, 0) is 4.79 Å². The molecule has 0 aromatic carbocycles. The van der Waals surface area contributed by atoms with Gasteiger partial charge >= 0.3 is 11.7 Å². The first kappa shape index (κ1) is 13.2. The summed E-state index contributed by atoms with van der Waals surface area (Å²) in [6.45, 7) is 1.43. The number of ether oxygens (including phenoxy) is 1. The Kier molecular flexibility index (Phi) is 4.27. The van der Waals surface area contributed by atoms with Crippen molar-refractivity contribution in [3.63, 3.8) is 0 Å². The van der Waals surface area contributed by atoms with Crippen LogP contribution in [0.4, 0.5) is 5.69 Å². The SMILES string of the molecule is COc1ccc([N+](=O)[O-])c(S[C@H](C)C(=O)O)n1. The van der Waals surface area contributed by atoms with Crippen molar-refractivity contribution in [2.24, 2.45) is 0 Å². The van der Waals surface area contributed by atoms with Crippen LogP contribution in [0.2, 0.25) is 0 Å². The van der Waals surface area contributed by atoms with E-state index >= 15 is 0 Å². The molecule has 0 spiro atoms. The number of hydrogen-bond acceptors (Lipinski definition) is 6. The summed E-state index contributed by atoms with van der Waals surface area (Å²) in [7, 11) is 1.38. The molecule has 92 valence electrons. The smallest absolute Gasteiger partial charge is 0.316 e. The zero-order chi connectivity index (χ0) is 13.0. The highest BCUT2D eigenvalue weighted by Gasteiger charge is 2.22. The second-order valence-electron chi connectivity index (χ2n) is 3.03. The zero-order valence-corrected chi connectivity index (χ0v) is 9.93. The molecule has 0 saturated carbocycles. The van der Waals surface area contributed by atoms with Crippen molar-refractivity contribution in [2.75, 3.05) is 7.11 Å². The van der Waals surface area contributed by atoms with Crippen LogP contribution < -0.4 is 4.74 Å². The van der Waals surface area contributed by atoms with E-state index in [1.165, 1.54) is 26.2 Å². The van der Waals surface area contributed by atoms with Crippen LogP contribution in [-0.4, -0.2) is 33.3 Å². The summed E-state index contributed by atoms with van der Waals surface area (Å²) in [6, 6.07) is 2.59. The molecule has 8 heteroatoms. The average molecular weight is 258 g/mol. The molecule has 1 N–H and O–H groups in total. The number of pyridine rings is 1. The summed E-state index contributed by atoms with van der Waals surface area (Å²) in [5, 5.41) is 18.7. The van der Waals surface area contributed by atoms with Crippen LogP contribution >= 0.6 is 11.8 Å². The summed E-state index contributed by atoms with van der Waals surface area (Å²) >= 11 is 0.804. The number of aliphatic carboxylic acids is 1. The summed E-state index contributed by atoms with van der Waals surface area (Å²) < 4.78 is 4.84. The van der Waals surface area contributed by atoms with Crippen molar-refractivity contribution in [3.05, 3.63) is 22.2 Å². The van der Waals surface area contributed by atoms with Gasteiger partial charge in [-0.15, -0.1) is 0 Å².